The summed E-state index contributed by atoms with van der Waals surface area (Å²) in [5, 5.41) is 47.7. The topological polar surface area (TPSA) is 179 Å². The van der Waals surface area contributed by atoms with Gasteiger partial charge in [-0.3, -0.25) is 14.4 Å². The Kier molecular flexibility index (Phi) is 6.93. The molecule has 3 aliphatic rings. The average Bonchev–Trinajstić information content (AvgIpc) is 2.91. The van der Waals surface area contributed by atoms with Crippen molar-refractivity contribution >= 4 is 23.2 Å². The minimum atomic E-state index is -2.59. The fourth-order valence-electron chi connectivity index (χ4n) is 6.36. The first kappa shape index (κ1) is 27.4. The lowest BCUT2D eigenvalue weighted by molar-refractivity contribution is -0.147. The number of Topliss-reactive ketones (excluding diaryl/α,β-unsaturated/α-hetero) is 2. The highest BCUT2D eigenvalue weighted by molar-refractivity contribution is 6.22. The molecule has 40 heavy (non-hydrogen) atoms. The number of ether oxygens (including phenoxy) is 1. The van der Waals surface area contributed by atoms with Gasteiger partial charge in [0.2, 0.25) is 5.78 Å². The van der Waals surface area contributed by atoms with Gasteiger partial charge in [0.25, 0.3) is 5.91 Å². The van der Waals surface area contributed by atoms with Crippen LogP contribution in [-0.2, 0) is 27.3 Å². The molecule has 2 aromatic carbocycles. The fraction of sp³-hybridized carbons (Fsp3) is 0.367. The first-order chi connectivity index (χ1) is 19.0. The van der Waals surface area contributed by atoms with Crippen LogP contribution in [0.2, 0.25) is 0 Å². The van der Waals surface area contributed by atoms with E-state index in [9.17, 15) is 34.8 Å². The highest BCUT2D eigenvalue weighted by atomic mass is 16.5. The molecule has 1 saturated carbocycles. The molecular formula is C30H32N2O8. The Hall–Kier alpha value is -4.15. The van der Waals surface area contributed by atoms with Crippen molar-refractivity contribution in [2.75, 3.05) is 13.7 Å². The summed E-state index contributed by atoms with van der Waals surface area (Å²) in [7, 11) is 1.55. The summed E-state index contributed by atoms with van der Waals surface area (Å²) in [6.07, 6.45) is 0.896. The molecule has 0 unspecified atom stereocenters. The quantitative estimate of drug-likeness (QED) is 0.224. The number of amides is 1. The van der Waals surface area contributed by atoms with E-state index in [0.717, 1.165) is 24.1 Å². The number of aliphatic hydroxyl groups is 3. The summed E-state index contributed by atoms with van der Waals surface area (Å²) in [5.74, 6) is -5.96. The number of aromatic hydroxyl groups is 1. The van der Waals surface area contributed by atoms with Crippen molar-refractivity contribution in [1.82, 2.24) is 5.32 Å². The fourth-order valence-corrected chi connectivity index (χ4v) is 6.36. The molecule has 0 heterocycles. The standard InChI is InChI=1S/C30H32N2O8/c1-3-8-32-13-14-4-7-22(40-2)18(9-14)17-5-6-20(33)24-19(17)11-15-10-16-12-21(34)25(29(31)38)28(37)30(16,39)27(36)23(15)26(24)35/h4-7,9,15-16,32-33,35,37,39H,3,8,10-13H2,1-2H3,(H2,31,38)/t15-,16+,30+/m1/s1. The third-order valence-corrected chi connectivity index (χ3v) is 8.26. The van der Waals surface area contributed by atoms with E-state index in [-0.39, 0.29) is 36.1 Å². The van der Waals surface area contributed by atoms with Crippen LogP contribution in [0.5, 0.6) is 11.5 Å². The van der Waals surface area contributed by atoms with Crippen molar-refractivity contribution in [2.24, 2.45) is 17.6 Å². The normalized spacial score (nSPS) is 24.0. The van der Waals surface area contributed by atoms with E-state index in [1.54, 1.807) is 13.2 Å². The van der Waals surface area contributed by atoms with Gasteiger partial charge in [-0.1, -0.05) is 19.1 Å². The number of nitrogens with one attached hydrogen (secondary N) is 1. The van der Waals surface area contributed by atoms with Gasteiger partial charge in [-0.2, -0.15) is 0 Å². The number of primary amides is 1. The maximum Gasteiger partial charge on any atom is 0.255 e. The molecule has 1 fully saturated rings. The SMILES string of the molecule is CCCNCc1ccc(OC)c(-c2ccc(O)c3c2C[C@H]2C[C@H]4CC(=O)C(C(N)=O)=C(O)[C@@]4(O)C(=O)C2=C3O)c1. The maximum atomic E-state index is 13.7. The van der Waals surface area contributed by atoms with Crippen LogP contribution in [0.15, 0.2) is 47.2 Å². The number of rotatable bonds is 7. The number of methoxy groups -OCH3 is 1. The summed E-state index contributed by atoms with van der Waals surface area (Å²) in [4.78, 5) is 38.2. The van der Waals surface area contributed by atoms with E-state index in [1.165, 1.54) is 6.07 Å². The number of nitrogens with two attached hydrogens (primary N) is 1. The summed E-state index contributed by atoms with van der Waals surface area (Å²) < 4.78 is 5.64. The Balaban J connectivity index is 1.66. The number of carbonyl (C=O) groups is 3. The molecule has 0 aromatic heterocycles. The summed E-state index contributed by atoms with van der Waals surface area (Å²) in [6, 6.07) is 8.92. The van der Waals surface area contributed by atoms with Crippen molar-refractivity contribution in [2.45, 2.75) is 44.8 Å². The number of aliphatic hydroxyl groups excluding tert-OH is 2. The van der Waals surface area contributed by atoms with E-state index < -0.39 is 52.0 Å². The molecule has 3 atom stereocenters. The summed E-state index contributed by atoms with van der Waals surface area (Å²) in [5.41, 5.74) is 4.74. The number of ketones is 2. The van der Waals surface area contributed by atoms with Gasteiger partial charge in [0.15, 0.2) is 11.4 Å². The second-order valence-corrected chi connectivity index (χ2v) is 10.6. The molecule has 2 aromatic rings. The largest absolute Gasteiger partial charge is 0.508 e. The van der Waals surface area contributed by atoms with Gasteiger partial charge in [-0.05, 0) is 66.6 Å². The number of benzene rings is 2. The van der Waals surface area contributed by atoms with Crippen molar-refractivity contribution in [3.8, 4) is 22.6 Å². The van der Waals surface area contributed by atoms with Crippen molar-refractivity contribution < 1.29 is 39.5 Å². The molecule has 3 aliphatic carbocycles. The number of phenols is 1. The second-order valence-electron chi connectivity index (χ2n) is 10.6. The van der Waals surface area contributed by atoms with Gasteiger partial charge in [0, 0.05) is 30.0 Å². The predicted molar refractivity (Wildman–Crippen MR) is 145 cm³/mol. The third kappa shape index (κ3) is 4.06. The molecule has 0 radical (unpaired) electrons. The summed E-state index contributed by atoms with van der Waals surface area (Å²) >= 11 is 0. The van der Waals surface area contributed by atoms with Gasteiger partial charge in [-0.15, -0.1) is 0 Å². The minimum absolute atomic E-state index is 0.0428. The Bertz CT molecular complexity index is 1510. The Morgan fingerprint density at radius 3 is 2.55 bits per heavy atom. The first-order valence-corrected chi connectivity index (χ1v) is 13.2. The molecular weight excluding hydrogens is 516 g/mol. The number of carbonyl (C=O) groups excluding carboxylic acids is 3. The Labute approximate surface area is 230 Å². The lowest BCUT2D eigenvalue weighted by atomic mass is 9.59. The molecule has 1 amide bonds. The molecule has 0 aliphatic heterocycles. The zero-order valence-corrected chi connectivity index (χ0v) is 22.3. The van der Waals surface area contributed by atoms with E-state index in [1.807, 2.05) is 18.2 Å². The van der Waals surface area contributed by atoms with E-state index in [0.29, 0.717) is 23.4 Å². The molecule has 10 heteroatoms. The van der Waals surface area contributed by atoms with Crippen molar-refractivity contribution in [1.29, 1.82) is 0 Å². The van der Waals surface area contributed by atoms with Crippen molar-refractivity contribution in [3.05, 3.63) is 63.9 Å². The molecule has 0 spiro atoms. The Morgan fingerprint density at radius 2 is 1.88 bits per heavy atom. The molecule has 5 rings (SSSR count). The van der Waals surface area contributed by atoms with Gasteiger partial charge in [0.1, 0.15) is 28.6 Å². The van der Waals surface area contributed by atoms with E-state index in [2.05, 4.69) is 12.2 Å². The second kappa shape index (κ2) is 10.1. The number of phenolic OH excluding ortho intramolecular Hbond substituents is 1. The predicted octanol–water partition coefficient (Wildman–Crippen LogP) is 2.60. The maximum absolute atomic E-state index is 13.7. The van der Waals surface area contributed by atoms with Crippen LogP contribution in [0.25, 0.3) is 16.9 Å². The van der Waals surface area contributed by atoms with E-state index in [4.69, 9.17) is 10.5 Å². The van der Waals surface area contributed by atoms with Gasteiger partial charge >= 0.3 is 0 Å². The molecule has 0 saturated heterocycles. The first-order valence-electron chi connectivity index (χ1n) is 13.2. The Morgan fingerprint density at radius 1 is 1.12 bits per heavy atom. The number of fused-ring (bicyclic) bond motifs is 3. The van der Waals surface area contributed by atoms with Crippen LogP contribution in [0.4, 0.5) is 0 Å². The van der Waals surface area contributed by atoms with Gasteiger partial charge < -0.3 is 36.2 Å². The van der Waals surface area contributed by atoms with Crippen LogP contribution in [0, 0.1) is 11.8 Å². The highest BCUT2D eigenvalue weighted by Gasteiger charge is 2.60. The zero-order valence-electron chi connectivity index (χ0n) is 22.3. The van der Waals surface area contributed by atoms with Crippen LogP contribution >= 0.6 is 0 Å². The number of hydrogen-bond acceptors (Lipinski definition) is 9. The molecule has 10 nitrogen and oxygen atoms in total. The summed E-state index contributed by atoms with van der Waals surface area (Å²) in [6.45, 7) is 3.57. The average molecular weight is 549 g/mol. The molecule has 0 bridgehead atoms. The van der Waals surface area contributed by atoms with Gasteiger partial charge in [0.05, 0.1) is 12.7 Å². The molecule has 7 N–H and O–H groups in total. The van der Waals surface area contributed by atoms with Crippen molar-refractivity contribution in [3.63, 3.8) is 0 Å². The highest BCUT2D eigenvalue weighted by Crippen LogP contribution is 2.53. The molecule has 210 valence electrons. The van der Waals surface area contributed by atoms with Gasteiger partial charge in [-0.25, -0.2) is 0 Å². The van der Waals surface area contributed by atoms with Crippen LogP contribution in [-0.4, -0.2) is 57.2 Å². The lowest BCUT2D eigenvalue weighted by Crippen LogP contribution is -2.58. The lowest BCUT2D eigenvalue weighted by Gasteiger charge is -2.46. The van der Waals surface area contributed by atoms with Crippen LogP contribution in [0.3, 0.4) is 0 Å². The smallest absolute Gasteiger partial charge is 0.255 e. The minimum Gasteiger partial charge on any atom is -0.508 e. The van der Waals surface area contributed by atoms with Crippen LogP contribution in [0.1, 0.15) is 42.9 Å². The van der Waals surface area contributed by atoms with E-state index >= 15 is 0 Å². The number of hydrogen-bond donors (Lipinski definition) is 6. The third-order valence-electron chi connectivity index (χ3n) is 8.26. The zero-order chi connectivity index (χ0) is 28.9. The monoisotopic (exact) mass is 548 g/mol. The van der Waals surface area contributed by atoms with Crippen LogP contribution < -0.4 is 15.8 Å².